The molecular formula is C22H16FN3O3. The van der Waals surface area contributed by atoms with Crippen LogP contribution in [0.1, 0.15) is 10.4 Å². The quantitative estimate of drug-likeness (QED) is 0.530. The first-order valence-corrected chi connectivity index (χ1v) is 8.78. The molecule has 0 aliphatic rings. The number of aromatic nitrogens is 2. The van der Waals surface area contributed by atoms with Crippen molar-refractivity contribution in [2.45, 2.75) is 0 Å². The summed E-state index contributed by atoms with van der Waals surface area (Å²) < 4.78 is 23.5. The third kappa shape index (κ3) is 4.14. The molecule has 0 radical (unpaired) electrons. The third-order valence-corrected chi connectivity index (χ3v) is 4.25. The van der Waals surface area contributed by atoms with Gasteiger partial charge in [-0.1, -0.05) is 11.2 Å². The molecule has 4 rings (SSSR count). The topological polar surface area (TPSA) is 77.2 Å². The number of carbonyl (C=O) groups excluding carboxylic acids is 1. The fourth-order valence-corrected chi connectivity index (χ4v) is 2.72. The maximum atomic E-state index is 13.0. The normalized spacial score (nSPS) is 10.6. The molecule has 29 heavy (non-hydrogen) atoms. The van der Waals surface area contributed by atoms with E-state index in [1.165, 1.54) is 12.1 Å². The van der Waals surface area contributed by atoms with Gasteiger partial charge in [0.25, 0.3) is 11.8 Å². The van der Waals surface area contributed by atoms with E-state index in [9.17, 15) is 9.18 Å². The molecule has 0 atom stereocenters. The number of halogens is 1. The Hall–Kier alpha value is -4.00. The molecule has 0 saturated carbocycles. The third-order valence-electron chi connectivity index (χ3n) is 4.25. The molecule has 6 nitrogen and oxygen atoms in total. The van der Waals surface area contributed by atoms with Crippen molar-refractivity contribution in [3.8, 4) is 28.6 Å². The highest BCUT2D eigenvalue weighted by molar-refractivity contribution is 6.04. The number of hydrogen-bond acceptors (Lipinski definition) is 5. The molecule has 0 aliphatic heterocycles. The molecule has 0 bridgehead atoms. The van der Waals surface area contributed by atoms with E-state index in [0.717, 1.165) is 0 Å². The van der Waals surface area contributed by atoms with Crippen LogP contribution in [0.5, 0.6) is 5.75 Å². The monoisotopic (exact) mass is 389 g/mol. The van der Waals surface area contributed by atoms with Crippen LogP contribution in [-0.2, 0) is 0 Å². The van der Waals surface area contributed by atoms with Crippen molar-refractivity contribution in [3.05, 3.63) is 84.2 Å². The number of amides is 1. The van der Waals surface area contributed by atoms with E-state index in [2.05, 4.69) is 15.5 Å². The SMILES string of the molecule is COc1cccc(C(=O)Nc2ccc(-c3nc(-c4ccc(F)cc4)no3)cc2)c1. The van der Waals surface area contributed by atoms with Gasteiger partial charge in [0.2, 0.25) is 5.82 Å². The molecule has 3 aromatic carbocycles. The lowest BCUT2D eigenvalue weighted by molar-refractivity contribution is 0.102. The van der Waals surface area contributed by atoms with Crippen LogP contribution in [0.2, 0.25) is 0 Å². The predicted octanol–water partition coefficient (Wildman–Crippen LogP) is 4.80. The Balaban J connectivity index is 1.48. The van der Waals surface area contributed by atoms with Gasteiger partial charge < -0.3 is 14.6 Å². The highest BCUT2D eigenvalue weighted by Crippen LogP contribution is 2.24. The van der Waals surface area contributed by atoms with Gasteiger partial charge in [0.05, 0.1) is 7.11 Å². The van der Waals surface area contributed by atoms with Crippen molar-refractivity contribution in [1.29, 1.82) is 0 Å². The zero-order chi connectivity index (χ0) is 20.2. The predicted molar refractivity (Wildman–Crippen MR) is 106 cm³/mol. The van der Waals surface area contributed by atoms with Gasteiger partial charge in [-0.15, -0.1) is 0 Å². The van der Waals surface area contributed by atoms with Crippen molar-refractivity contribution in [2.24, 2.45) is 0 Å². The molecule has 0 aliphatic carbocycles. The van der Waals surface area contributed by atoms with E-state index in [1.807, 2.05) is 0 Å². The lowest BCUT2D eigenvalue weighted by atomic mass is 10.1. The molecule has 4 aromatic rings. The van der Waals surface area contributed by atoms with Crippen molar-refractivity contribution >= 4 is 11.6 Å². The van der Waals surface area contributed by atoms with E-state index < -0.39 is 0 Å². The second kappa shape index (κ2) is 7.93. The highest BCUT2D eigenvalue weighted by atomic mass is 19.1. The number of rotatable bonds is 5. The highest BCUT2D eigenvalue weighted by Gasteiger charge is 2.12. The number of anilines is 1. The first-order chi connectivity index (χ1) is 14.1. The van der Waals surface area contributed by atoms with E-state index >= 15 is 0 Å². The first kappa shape index (κ1) is 18.4. The van der Waals surface area contributed by atoms with Gasteiger partial charge in [-0.05, 0) is 66.7 Å². The summed E-state index contributed by atoms with van der Waals surface area (Å²) in [5, 5.41) is 6.76. The van der Waals surface area contributed by atoms with Crippen LogP contribution < -0.4 is 10.1 Å². The standard InChI is InChI=1S/C22H16FN3O3/c1-28-19-4-2-3-16(13-19)21(27)24-18-11-7-15(8-12-18)22-25-20(26-29-22)14-5-9-17(23)10-6-14/h2-13H,1H3,(H,24,27). The molecule has 144 valence electrons. The molecule has 0 spiro atoms. The Morgan fingerprint density at radius 2 is 1.72 bits per heavy atom. The number of benzene rings is 3. The van der Waals surface area contributed by atoms with Gasteiger partial charge in [-0.3, -0.25) is 4.79 Å². The lowest BCUT2D eigenvalue weighted by Gasteiger charge is -2.07. The molecule has 1 aromatic heterocycles. The van der Waals surface area contributed by atoms with Crippen molar-refractivity contribution < 1.29 is 18.4 Å². The van der Waals surface area contributed by atoms with Gasteiger partial charge in [-0.2, -0.15) is 4.98 Å². The average Bonchev–Trinajstić information content (AvgIpc) is 3.25. The second-order valence-corrected chi connectivity index (χ2v) is 6.19. The molecule has 1 amide bonds. The fraction of sp³-hybridized carbons (Fsp3) is 0.0455. The molecule has 7 heteroatoms. The summed E-state index contributed by atoms with van der Waals surface area (Å²) in [4.78, 5) is 16.7. The second-order valence-electron chi connectivity index (χ2n) is 6.19. The summed E-state index contributed by atoms with van der Waals surface area (Å²) in [6.45, 7) is 0. The average molecular weight is 389 g/mol. The summed E-state index contributed by atoms with van der Waals surface area (Å²) >= 11 is 0. The maximum Gasteiger partial charge on any atom is 0.258 e. The van der Waals surface area contributed by atoms with Crippen molar-refractivity contribution in [1.82, 2.24) is 10.1 Å². The smallest absolute Gasteiger partial charge is 0.258 e. The minimum Gasteiger partial charge on any atom is -0.497 e. The van der Waals surface area contributed by atoms with E-state index in [0.29, 0.717) is 39.8 Å². The zero-order valence-corrected chi connectivity index (χ0v) is 15.4. The molecule has 0 unspecified atom stereocenters. The van der Waals surface area contributed by atoms with E-state index in [1.54, 1.807) is 67.8 Å². The Morgan fingerprint density at radius 3 is 2.45 bits per heavy atom. The number of nitrogens with zero attached hydrogens (tertiary/aromatic N) is 2. The summed E-state index contributed by atoms with van der Waals surface area (Å²) in [5.74, 6) is 0.740. The summed E-state index contributed by atoms with van der Waals surface area (Å²) in [6, 6.07) is 19.8. The fourth-order valence-electron chi connectivity index (χ4n) is 2.72. The number of carbonyl (C=O) groups is 1. The van der Waals surface area contributed by atoms with E-state index in [-0.39, 0.29) is 11.7 Å². The van der Waals surface area contributed by atoms with Crippen LogP contribution in [-0.4, -0.2) is 23.2 Å². The molecule has 1 heterocycles. The minimum atomic E-state index is -0.330. The van der Waals surface area contributed by atoms with Crippen LogP contribution in [0.25, 0.3) is 22.8 Å². The first-order valence-electron chi connectivity index (χ1n) is 8.78. The van der Waals surface area contributed by atoms with Gasteiger partial charge in [0.1, 0.15) is 11.6 Å². The van der Waals surface area contributed by atoms with Gasteiger partial charge in [0, 0.05) is 22.4 Å². The zero-order valence-electron chi connectivity index (χ0n) is 15.4. The van der Waals surface area contributed by atoms with Crippen LogP contribution in [0.3, 0.4) is 0 Å². The largest absolute Gasteiger partial charge is 0.497 e. The van der Waals surface area contributed by atoms with Gasteiger partial charge in [-0.25, -0.2) is 4.39 Å². The van der Waals surface area contributed by atoms with E-state index in [4.69, 9.17) is 9.26 Å². The lowest BCUT2D eigenvalue weighted by Crippen LogP contribution is -2.11. The summed E-state index contributed by atoms with van der Waals surface area (Å²) in [6.07, 6.45) is 0. The number of ether oxygens (including phenoxy) is 1. The van der Waals surface area contributed by atoms with Gasteiger partial charge >= 0.3 is 0 Å². The van der Waals surface area contributed by atoms with Crippen LogP contribution in [0.15, 0.2) is 77.3 Å². The Morgan fingerprint density at radius 1 is 1.00 bits per heavy atom. The Kier molecular flexibility index (Phi) is 5.03. The molecule has 0 fully saturated rings. The maximum absolute atomic E-state index is 13.0. The molecule has 0 saturated heterocycles. The minimum absolute atomic E-state index is 0.243. The Bertz CT molecular complexity index is 1140. The summed E-state index contributed by atoms with van der Waals surface area (Å²) in [5.41, 5.74) is 2.47. The number of nitrogens with one attached hydrogen (secondary N) is 1. The summed E-state index contributed by atoms with van der Waals surface area (Å²) in [7, 11) is 1.55. The van der Waals surface area contributed by atoms with Crippen LogP contribution >= 0.6 is 0 Å². The van der Waals surface area contributed by atoms with Crippen molar-refractivity contribution in [3.63, 3.8) is 0 Å². The Labute approximate surface area is 166 Å². The van der Waals surface area contributed by atoms with Gasteiger partial charge in [0.15, 0.2) is 0 Å². The van der Waals surface area contributed by atoms with Crippen LogP contribution in [0.4, 0.5) is 10.1 Å². The molecular weight excluding hydrogens is 373 g/mol. The molecule has 1 N–H and O–H groups in total. The van der Waals surface area contributed by atoms with Crippen LogP contribution in [0, 0.1) is 5.82 Å². The number of methoxy groups -OCH3 is 1. The number of hydrogen-bond donors (Lipinski definition) is 1. The van der Waals surface area contributed by atoms with Crippen molar-refractivity contribution in [2.75, 3.05) is 12.4 Å².